The highest BCUT2D eigenvalue weighted by molar-refractivity contribution is 6.60. The molecule has 0 bridgehead atoms. The molecule has 0 radical (unpaired) electrons. The van der Waals surface area contributed by atoms with E-state index in [1.807, 2.05) is 0 Å². The van der Waals surface area contributed by atoms with Gasteiger partial charge in [0.15, 0.2) is 0 Å². The Kier molecular flexibility index (Phi) is 5.00. The molecule has 6 heteroatoms. The molecular weight excluding hydrogens is 202 g/mol. The summed E-state index contributed by atoms with van der Waals surface area (Å²) in [7, 11) is 2.48. The van der Waals surface area contributed by atoms with Gasteiger partial charge in [0.1, 0.15) is 0 Å². The molecule has 0 N–H and O–H groups in total. The fourth-order valence-electron chi connectivity index (χ4n) is 1.48. The third-order valence-corrected chi connectivity index (χ3v) is 5.15. The monoisotopic (exact) mass is 221 g/mol. The number of ether oxygens (including phenoxy) is 1. The molecule has 0 aromatic rings. The third-order valence-electron chi connectivity index (χ3n) is 2.45. The molecule has 0 aliphatic carbocycles. The van der Waals surface area contributed by atoms with E-state index in [4.69, 9.17) is 18.0 Å². The molecule has 0 aromatic heterocycles. The molecule has 1 aliphatic rings. The quantitative estimate of drug-likeness (QED) is 0.598. The van der Waals surface area contributed by atoms with Crippen molar-refractivity contribution in [2.75, 3.05) is 53.8 Å². The highest BCUT2D eigenvalue weighted by Gasteiger charge is 2.40. The summed E-state index contributed by atoms with van der Waals surface area (Å²) >= 11 is 0. The van der Waals surface area contributed by atoms with E-state index in [0.717, 1.165) is 32.5 Å². The number of morpholine rings is 1. The van der Waals surface area contributed by atoms with Crippen LogP contribution < -0.4 is 0 Å². The summed E-state index contributed by atoms with van der Waals surface area (Å²) in [5.41, 5.74) is 0. The maximum atomic E-state index is 5.35. The lowest BCUT2D eigenvalue weighted by Crippen LogP contribution is -2.55. The van der Waals surface area contributed by atoms with Gasteiger partial charge in [0.25, 0.3) is 0 Å². The summed E-state index contributed by atoms with van der Waals surface area (Å²) in [6, 6.07) is 0. The zero-order chi connectivity index (χ0) is 10.4. The van der Waals surface area contributed by atoms with Crippen molar-refractivity contribution in [1.82, 2.24) is 4.90 Å². The number of rotatable bonds is 5. The van der Waals surface area contributed by atoms with Crippen LogP contribution in [0, 0.1) is 0 Å². The molecule has 1 saturated heterocycles. The SMILES string of the molecule is CO[Si](CN1CCOCC1)(OC)OC. The van der Waals surface area contributed by atoms with Crippen LogP contribution in [0.2, 0.25) is 0 Å². The highest BCUT2D eigenvalue weighted by Crippen LogP contribution is 2.09. The maximum absolute atomic E-state index is 5.35. The molecule has 0 aromatic carbocycles. The van der Waals surface area contributed by atoms with Crippen LogP contribution in [0.1, 0.15) is 0 Å². The second kappa shape index (κ2) is 5.79. The lowest BCUT2D eigenvalue weighted by Gasteiger charge is -2.33. The second-order valence-electron chi connectivity index (χ2n) is 3.18. The maximum Gasteiger partial charge on any atom is 0.514 e. The average molecular weight is 221 g/mol. The van der Waals surface area contributed by atoms with Crippen LogP contribution in [0.5, 0.6) is 0 Å². The van der Waals surface area contributed by atoms with E-state index < -0.39 is 8.80 Å². The summed E-state index contributed by atoms with van der Waals surface area (Å²) in [4.78, 5) is 2.26. The number of nitrogens with zero attached hydrogens (tertiary/aromatic N) is 1. The third kappa shape index (κ3) is 3.01. The fraction of sp³-hybridized carbons (Fsp3) is 1.00. The number of hydrogen-bond donors (Lipinski definition) is 0. The molecule has 14 heavy (non-hydrogen) atoms. The largest absolute Gasteiger partial charge is 0.514 e. The molecule has 0 saturated carbocycles. The molecule has 0 unspecified atom stereocenters. The van der Waals surface area contributed by atoms with Crippen molar-refractivity contribution >= 4 is 8.80 Å². The summed E-state index contributed by atoms with van der Waals surface area (Å²) in [6.07, 6.45) is 0.736. The van der Waals surface area contributed by atoms with E-state index in [1.54, 1.807) is 21.3 Å². The first-order chi connectivity index (χ1) is 6.76. The molecule has 0 spiro atoms. The van der Waals surface area contributed by atoms with Gasteiger partial charge in [-0.1, -0.05) is 0 Å². The van der Waals surface area contributed by atoms with Crippen molar-refractivity contribution < 1.29 is 18.0 Å². The Morgan fingerprint density at radius 1 is 1.07 bits per heavy atom. The van der Waals surface area contributed by atoms with E-state index in [0.29, 0.717) is 0 Å². The van der Waals surface area contributed by atoms with E-state index in [-0.39, 0.29) is 0 Å². The Labute approximate surface area is 86.3 Å². The zero-order valence-electron chi connectivity index (χ0n) is 9.12. The first-order valence-electron chi connectivity index (χ1n) is 4.72. The lowest BCUT2D eigenvalue weighted by atomic mass is 10.5. The van der Waals surface area contributed by atoms with Crippen molar-refractivity contribution in [3.8, 4) is 0 Å². The predicted octanol–water partition coefficient (Wildman–Crippen LogP) is -0.264. The minimum Gasteiger partial charge on any atom is -0.379 e. The average Bonchev–Trinajstić information content (AvgIpc) is 2.28. The van der Waals surface area contributed by atoms with Gasteiger partial charge >= 0.3 is 8.80 Å². The van der Waals surface area contributed by atoms with E-state index in [1.165, 1.54) is 0 Å². The van der Waals surface area contributed by atoms with E-state index >= 15 is 0 Å². The molecule has 0 amide bonds. The van der Waals surface area contributed by atoms with Gasteiger partial charge in [0, 0.05) is 34.4 Å². The van der Waals surface area contributed by atoms with Crippen molar-refractivity contribution in [3.05, 3.63) is 0 Å². The van der Waals surface area contributed by atoms with Crippen molar-refractivity contribution in [2.45, 2.75) is 0 Å². The van der Waals surface area contributed by atoms with Gasteiger partial charge in [0.05, 0.1) is 19.4 Å². The van der Waals surface area contributed by atoms with Gasteiger partial charge in [-0.25, -0.2) is 0 Å². The van der Waals surface area contributed by atoms with Crippen molar-refractivity contribution in [3.63, 3.8) is 0 Å². The molecule has 84 valence electrons. The van der Waals surface area contributed by atoms with Crippen LogP contribution in [0.3, 0.4) is 0 Å². The van der Waals surface area contributed by atoms with Crippen LogP contribution in [-0.2, 0) is 18.0 Å². The molecule has 1 heterocycles. The summed E-state index contributed by atoms with van der Waals surface area (Å²) in [5.74, 6) is 0. The molecular formula is C8H19NO4Si. The molecule has 1 aliphatic heterocycles. The van der Waals surface area contributed by atoms with Crippen LogP contribution in [-0.4, -0.2) is 67.5 Å². The Bertz CT molecular complexity index is 151. The normalized spacial score (nSPS) is 19.9. The van der Waals surface area contributed by atoms with E-state index in [2.05, 4.69) is 4.90 Å². The van der Waals surface area contributed by atoms with Gasteiger partial charge in [0.2, 0.25) is 0 Å². The smallest absolute Gasteiger partial charge is 0.379 e. The summed E-state index contributed by atoms with van der Waals surface area (Å²) < 4.78 is 21.3. The van der Waals surface area contributed by atoms with Gasteiger partial charge in [-0.3, -0.25) is 4.90 Å². The standard InChI is InChI=1S/C8H19NO4Si/c1-10-14(11-2,12-3)8-9-4-6-13-7-5-9/h4-8H2,1-3H3. The van der Waals surface area contributed by atoms with Crippen LogP contribution in [0.25, 0.3) is 0 Å². The summed E-state index contributed by atoms with van der Waals surface area (Å²) in [6.45, 7) is 3.40. The van der Waals surface area contributed by atoms with Gasteiger partial charge < -0.3 is 18.0 Å². The van der Waals surface area contributed by atoms with Gasteiger partial charge in [-0.05, 0) is 0 Å². The molecule has 0 atom stereocenters. The predicted molar refractivity (Wildman–Crippen MR) is 54.0 cm³/mol. The van der Waals surface area contributed by atoms with Crippen molar-refractivity contribution in [1.29, 1.82) is 0 Å². The first-order valence-corrected chi connectivity index (χ1v) is 6.65. The molecule has 1 rings (SSSR count). The van der Waals surface area contributed by atoms with Crippen LogP contribution in [0.15, 0.2) is 0 Å². The Balaban J connectivity index is 2.44. The lowest BCUT2D eigenvalue weighted by molar-refractivity contribution is 0.0290. The number of hydrogen-bond acceptors (Lipinski definition) is 5. The zero-order valence-corrected chi connectivity index (χ0v) is 10.1. The van der Waals surface area contributed by atoms with Gasteiger partial charge in [-0.2, -0.15) is 0 Å². The van der Waals surface area contributed by atoms with E-state index in [9.17, 15) is 0 Å². The Morgan fingerprint density at radius 3 is 2.00 bits per heavy atom. The van der Waals surface area contributed by atoms with Gasteiger partial charge in [-0.15, -0.1) is 0 Å². The minimum atomic E-state index is -2.43. The Hall–Kier alpha value is 0.0169. The second-order valence-corrected chi connectivity index (χ2v) is 6.09. The molecule has 5 nitrogen and oxygen atoms in total. The first kappa shape index (κ1) is 12.1. The minimum absolute atomic E-state index is 0.736. The van der Waals surface area contributed by atoms with Crippen LogP contribution in [0.4, 0.5) is 0 Å². The topological polar surface area (TPSA) is 40.2 Å². The fourth-order valence-corrected chi connectivity index (χ4v) is 3.23. The Morgan fingerprint density at radius 2 is 1.57 bits per heavy atom. The van der Waals surface area contributed by atoms with Crippen LogP contribution >= 0.6 is 0 Å². The summed E-state index contributed by atoms with van der Waals surface area (Å²) in [5, 5.41) is 0. The highest BCUT2D eigenvalue weighted by atomic mass is 28.4. The molecule has 1 fully saturated rings. The van der Waals surface area contributed by atoms with Crippen molar-refractivity contribution in [2.24, 2.45) is 0 Å².